The lowest BCUT2D eigenvalue weighted by Gasteiger charge is -2.17. The summed E-state index contributed by atoms with van der Waals surface area (Å²) in [6, 6.07) is 0. The molecule has 1 rings (SSSR count). The molecule has 0 radical (unpaired) electrons. The topological polar surface area (TPSA) is 67.9 Å². The highest BCUT2D eigenvalue weighted by atomic mass is 35.5. The van der Waals surface area contributed by atoms with E-state index in [0.717, 1.165) is 11.5 Å². The van der Waals surface area contributed by atoms with Crippen LogP contribution in [-0.2, 0) is 0 Å². The molecule has 0 atom stereocenters. The number of nitrogen functional groups attached to an aromatic ring is 1. The molecule has 0 aromatic carbocycles. The van der Waals surface area contributed by atoms with Gasteiger partial charge in [-0.3, -0.25) is 0 Å². The van der Waals surface area contributed by atoms with E-state index in [2.05, 4.69) is 28.8 Å². The fourth-order valence-corrected chi connectivity index (χ4v) is 2.78. The van der Waals surface area contributed by atoms with E-state index in [1.165, 1.54) is 0 Å². The van der Waals surface area contributed by atoms with Crippen molar-refractivity contribution in [1.82, 2.24) is 15.0 Å². The maximum atomic E-state index is 5.71. The first-order valence-electron chi connectivity index (χ1n) is 4.40. The SMILES string of the molecule is CCSN(SCC)c1nc(N)nc(Cl)n1. The molecule has 0 aliphatic carbocycles. The second kappa shape index (κ2) is 6.24. The van der Waals surface area contributed by atoms with Crippen LogP contribution in [0.2, 0.25) is 5.28 Å². The van der Waals surface area contributed by atoms with Gasteiger partial charge in [0.25, 0.3) is 5.95 Å². The summed E-state index contributed by atoms with van der Waals surface area (Å²) in [4.78, 5) is 11.8. The van der Waals surface area contributed by atoms with E-state index in [9.17, 15) is 0 Å². The van der Waals surface area contributed by atoms with Crippen molar-refractivity contribution in [2.45, 2.75) is 13.8 Å². The van der Waals surface area contributed by atoms with Crippen molar-refractivity contribution in [1.29, 1.82) is 0 Å². The molecule has 0 amide bonds. The van der Waals surface area contributed by atoms with Crippen molar-refractivity contribution in [3.63, 3.8) is 0 Å². The van der Waals surface area contributed by atoms with Gasteiger partial charge in [0.2, 0.25) is 11.2 Å². The molecule has 0 aliphatic rings. The van der Waals surface area contributed by atoms with Crippen LogP contribution in [0, 0.1) is 0 Å². The van der Waals surface area contributed by atoms with Crippen LogP contribution in [0.5, 0.6) is 0 Å². The van der Waals surface area contributed by atoms with Crippen LogP contribution < -0.4 is 9.44 Å². The quantitative estimate of drug-likeness (QED) is 0.819. The predicted octanol–water partition coefficient (Wildman–Crippen LogP) is 2.25. The van der Waals surface area contributed by atoms with Crippen molar-refractivity contribution in [2.24, 2.45) is 0 Å². The zero-order chi connectivity index (χ0) is 11.3. The first-order valence-corrected chi connectivity index (χ1v) is 6.66. The monoisotopic (exact) mass is 265 g/mol. The van der Waals surface area contributed by atoms with Gasteiger partial charge in [0, 0.05) is 11.5 Å². The zero-order valence-corrected chi connectivity index (χ0v) is 10.9. The fourth-order valence-electron chi connectivity index (χ4n) is 0.823. The summed E-state index contributed by atoms with van der Waals surface area (Å²) in [5.74, 6) is 2.49. The number of anilines is 2. The molecule has 1 aromatic heterocycles. The van der Waals surface area contributed by atoms with E-state index in [-0.39, 0.29) is 11.2 Å². The smallest absolute Gasteiger partial charge is 0.252 e. The fraction of sp³-hybridized carbons (Fsp3) is 0.571. The molecule has 8 heteroatoms. The van der Waals surface area contributed by atoms with Gasteiger partial charge >= 0.3 is 0 Å². The predicted molar refractivity (Wildman–Crippen MR) is 68.0 cm³/mol. The molecular weight excluding hydrogens is 254 g/mol. The summed E-state index contributed by atoms with van der Waals surface area (Å²) in [6.45, 7) is 4.11. The summed E-state index contributed by atoms with van der Waals surface area (Å²) in [5.41, 5.74) is 5.50. The molecule has 0 saturated carbocycles. The average molecular weight is 266 g/mol. The van der Waals surface area contributed by atoms with Crippen molar-refractivity contribution < 1.29 is 0 Å². The van der Waals surface area contributed by atoms with E-state index >= 15 is 0 Å². The van der Waals surface area contributed by atoms with Gasteiger partial charge < -0.3 is 5.73 Å². The van der Waals surface area contributed by atoms with Crippen LogP contribution in [0.1, 0.15) is 13.8 Å². The minimum Gasteiger partial charge on any atom is -0.368 e. The molecule has 84 valence electrons. The Labute approximate surface area is 102 Å². The third-order valence-electron chi connectivity index (χ3n) is 1.27. The molecule has 0 fully saturated rings. The Morgan fingerprint density at radius 1 is 1.20 bits per heavy atom. The number of aromatic nitrogens is 3. The van der Waals surface area contributed by atoms with Gasteiger partial charge in [-0.25, -0.2) is 3.71 Å². The largest absolute Gasteiger partial charge is 0.368 e. The molecule has 0 unspecified atom stereocenters. The lowest BCUT2D eigenvalue weighted by Crippen LogP contribution is -2.11. The summed E-state index contributed by atoms with van der Waals surface area (Å²) < 4.78 is 1.89. The molecule has 1 heterocycles. The van der Waals surface area contributed by atoms with Crippen LogP contribution in [0.3, 0.4) is 0 Å². The van der Waals surface area contributed by atoms with Crippen LogP contribution in [0.15, 0.2) is 0 Å². The van der Waals surface area contributed by atoms with Crippen molar-refractivity contribution in [2.75, 3.05) is 20.9 Å². The molecule has 1 aromatic rings. The highest BCUT2D eigenvalue weighted by Gasteiger charge is 2.12. The summed E-state index contributed by atoms with van der Waals surface area (Å²) in [6.07, 6.45) is 0. The van der Waals surface area contributed by atoms with Gasteiger partial charge in [-0.15, -0.1) is 0 Å². The van der Waals surface area contributed by atoms with Gasteiger partial charge in [-0.05, 0) is 35.5 Å². The molecule has 15 heavy (non-hydrogen) atoms. The van der Waals surface area contributed by atoms with Crippen LogP contribution >= 0.6 is 35.5 Å². The van der Waals surface area contributed by atoms with E-state index in [1.807, 2.05) is 3.71 Å². The lowest BCUT2D eigenvalue weighted by atomic mass is 10.9. The normalized spacial score (nSPS) is 10.3. The molecular formula is C7H12ClN5S2. The highest BCUT2D eigenvalue weighted by molar-refractivity contribution is 8.18. The Balaban J connectivity index is 2.88. The Bertz CT molecular complexity index is 298. The highest BCUT2D eigenvalue weighted by Crippen LogP contribution is 2.27. The summed E-state index contributed by atoms with van der Waals surface area (Å²) in [7, 11) is 0. The number of halogens is 1. The van der Waals surface area contributed by atoms with Gasteiger partial charge in [0.15, 0.2) is 0 Å². The Hall–Kier alpha value is -0.400. The maximum absolute atomic E-state index is 5.71. The van der Waals surface area contributed by atoms with E-state index in [0.29, 0.717) is 5.95 Å². The standard InChI is InChI=1S/C7H12ClN5S2/c1-3-14-13(15-4-2)7-11-5(8)10-6(9)12-7/h3-4H2,1-2H3,(H2,9,10,11,12). The van der Waals surface area contributed by atoms with Crippen LogP contribution in [0.25, 0.3) is 0 Å². The molecule has 0 saturated heterocycles. The number of hydrogen-bond donors (Lipinski definition) is 1. The Morgan fingerprint density at radius 3 is 2.27 bits per heavy atom. The van der Waals surface area contributed by atoms with Gasteiger partial charge in [-0.2, -0.15) is 15.0 Å². The number of rotatable bonds is 5. The van der Waals surface area contributed by atoms with E-state index < -0.39 is 0 Å². The second-order valence-corrected chi connectivity index (χ2v) is 5.33. The average Bonchev–Trinajstić information content (AvgIpc) is 2.16. The number of nitrogens with zero attached hydrogens (tertiary/aromatic N) is 4. The second-order valence-electron chi connectivity index (χ2n) is 2.36. The van der Waals surface area contributed by atoms with Crippen LogP contribution in [0.4, 0.5) is 11.9 Å². The van der Waals surface area contributed by atoms with Gasteiger partial charge in [0.1, 0.15) is 0 Å². The van der Waals surface area contributed by atoms with E-state index in [1.54, 1.807) is 23.9 Å². The third kappa shape index (κ3) is 3.92. The summed E-state index contributed by atoms with van der Waals surface area (Å²) in [5, 5.41) is 0.121. The molecule has 0 aliphatic heterocycles. The van der Waals surface area contributed by atoms with Crippen molar-refractivity contribution in [3.05, 3.63) is 5.28 Å². The van der Waals surface area contributed by atoms with Crippen LogP contribution in [-0.4, -0.2) is 26.5 Å². The Morgan fingerprint density at radius 2 is 1.80 bits per heavy atom. The first-order chi connectivity index (χ1) is 7.17. The van der Waals surface area contributed by atoms with Gasteiger partial charge in [0.05, 0.1) is 0 Å². The minimum atomic E-state index is 0.121. The maximum Gasteiger partial charge on any atom is 0.252 e. The van der Waals surface area contributed by atoms with Crippen molar-refractivity contribution in [3.8, 4) is 0 Å². The molecule has 0 spiro atoms. The van der Waals surface area contributed by atoms with Gasteiger partial charge in [-0.1, -0.05) is 13.8 Å². The molecule has 2 N–H and O–H groups in total. The molecule has 0 bridgehead atoms. The zero-order valence-electron chi connectivity index (χ0n) is 8.47. The number of nitrogens with two attached hydrogens (primary N) is 1. The first kappa shape index (κ1) is 12.7. The minimum absolute atomic E-state index is 0.121. The van der Waals surface area contributed by atoms with Crippen molar-refractivity contribution >= 4 is 47.4 Å². The van der Waals surface area contributed by atoms with E-state index in [4.69, 9.17) is 17.3 Å². The Kier molecular flexibility index (Phi) is 5.27. The number of hydrogen-bond acceptors (Lipinski definition) is 7. The third-order valence-corrected chi connectivity index (χ3v) is 3.38. The summed E-state index contributed by atoms with van der Waals surface area (Å²) >= 11 is 8.91. The molecule has 5 nitrogen and oxygen atoms in total. The lowest BCUT2D eigenvalue weighted by molar-refractivity contribution is 1.06.